The number of benzene rings is 3. The number of ether oxygens (including phenoxy) is 1. The number of esters is 1. The lowest BCUT2D eigenvalue weighted by atomic mass is 9.90. The van der Waals surface area contributed by atoms with Crippen LogP contribution in [-0.4, -0.2) is 22.0 Å². The van der Waals surface area contributed by atoms with Crippen molar-refractivity contribution in [2.75, 3.05) is 6.61 Å². The molecule has 3 aromatic carbocycles. The topological polar surface area (TPSA) is 26.3 Å². The molecule has 0 amide bonds. The summed E-state index contributed by atoms with van der Waals surface area (Å²) in [5, 5.41) is -0.385. The molecule has 2 nitrogen and oxygen atoms in total. The molecule has 0 aliphatic rings. The molecule has 0 radical (unpaired) electrons. The Morgan fingerprint density at radius 3 is 1.70 bits per heavy atom. The van der Waals surface area contributed by atoms with Crippen molar-refractivity contribution < 1.29 is 9.53 Å². The molecule has 152 valence electrons. The van der Waals surface area contributed by atoms with Gasteiger partial charge in [0.05, 0.1) is 10.8 Å². The minimum absolute atomic E-state index is 0.252. The van der Waals surface area contributed by atoms with Crippen molar-refractivity contribution in [1.29, 1.82) is 0 Å². The van der Waals surface area contributed by atoms with E-state index in [1.54, 1.807) is 0 Å². The number of carbonyl (C=O) groups excluding carboxylic acids is 1. The SMILES string of the molecule is CCOC(=O)C(C)SC(=S)C(=C(c1ccccc1)c1ccccc1)c1ccccc1. The highest BCUT2D eigenvalue weighted by Crippen LogP contribution is 2.37. The summed E-state index contributed by atoms with van der Waals surface area (Å²) in [5.41, 5.74) is 5.18. The van der Waals surface area contributed by atoms with Crippen molar-refractivity contribution in [3.8, 4) is 0 Å². The summed E-state index contributed by atoms with van der Waals surface area (Å²) >= 11 is 7.28. The van der Waals surface area contributed by atoms with Crippen molar-refractivity contribution >= 4 is 45.3 Å². The maximum absolute atomic E-state index is 12.2. The first kappa shape index (κ1) is 22.0. The molecule has 1 atom stereocenters. The third-order valence-corrected chi connectivity index (χ3v) is 6.00. The molecule has 3 rings (SSSR count). The highest BCUT2D eigenvalue weighted by atomic mass is 32.2. The molecule has 0 aliphatic carbocycles. The number of rotatable bonds is 7. The van der Waals surface area contributed by atoms with Crippen LogP contribution >= 0.6 is 24.0 Å². The third-order valence-electron chi connectivity index (χ3n) is 4.54. The molecule has 3 aromatic rings. The zero-order valence-electron chi connectivity index (χ0n) is 17.1. The van der Waals surface area contributed by atoms with Gasteiger partial charge < -0.3 is 4.74 Å². The van der Waals surface area contributed by atoms with Gasteiger partial charge in [0.25, 0.3) is 0 Å². The van der Waals surface area contributed by atoms with E-state index in [-0.39, 0.29) is 11.2 Å². The van der Waals surface area contributed by atoms with Crippen LogP contribution in [0, 0.1) is 0 Å². The van der Waals surface area contributed by atoms with Gasteiger partial charge in [-0.3, -0.25) is 4.79 Å². The van der Waals surface area contributed by atoms with Crippen molar-refractivity contribution in [3.63, 3.8) is 0 Å². The van der Waals surface area contributed by atoms with Gasteiger partial charge in [0, 0.05) is 5.57 Å². The average molecular weight is 433 g/mol. The van der Waals surface area contributed by atoms with E-state index in [9.17, 15) is 4.79 Å². The Labute approximate surface area is 188 Å². The minimum Gasteiger partial charge on any atom is -0.465 e. The first-order valence-electron chi connectivity index (χ1n) is 9.90. The fourth-order valence-corrected chi connectivity index (χ4v) is 4.64. The summed E-state index contributed by atoms with van der Waals surface area (Å²) in [5.74, 6) is -0.252. The van der Waals surface area contributed by atoms with E-state index in [0.717, 1.165) is 27.8 Å². The Kier molecular flexibility index (Phi) is 8.00. The molecule has 0 aromatic heterocycles. The molecule has 4 heteroatoms. The summed E-state index contributed by atoms with van der Waals surface area (Å²) in [6.45, 7) is 4.01. The van der Waals surface area contributed by atoms with E-state index in [2.05, 4.69) is 36.4 Å². The van der Waals surface area contributed by atoms with Gasteiger partial charge in [-0.05, 0) is 36.1 Å². The Morgan fingerprint density at radius 1 is 0.833 bits per heavy atom. The van der Waals surface area contributed by atoms with E-state index in [4.69, 9.17) is 17.0 Å². The Morgan fingerprint density at radius 2 is 1.27 bits per heavy atom. The van der Waals surface area contributed by atoms with E-state index in [1.807, 2.05) is 68.4 Å². The number of thiocarbonyl (C=S) groups is 1. The van der Waals surface area contributed by atoms with Crippen LogP contribution in [0.4, 0.5) is 0 Å². The zero-order valence-corrected chi connectivity index (χ0v) is 18.7. The van der Waals surface area contributed by atoms with Gasteiger partial charge in [-0.25, -0.2) is 0 Å². The van der Waals surface area contributed by atoms with Gasteiger partial charge in [-0.15, -0.1) is 0 Å². The largest absolute Gasteiger partial charge is 0.465 e. The standard InChI is InChI=1S/C26H24O2S2/c1-3-28-25(27)19(2)30-26(29)24(22-17-11-6-12-18-22)23(20-13-7-4-8-14-20)21-15-9-5-10-16-21/h4-19H,3H2,1-2H3. The molecule has 0 saturated heterocycles. The smallest absolute Gasteiger partial charge is 0.319 e. The fraction of sp³-hybridized carbons (Fsp3) is 0.154. The van der Waals surface area contributed by atoms with Gasteiger partial charge in [0.1, 0.15) is 5.25 Å². The summed E-state index contributed by atoms with van der Waals surface area (Å²) in [4.78, 5) is 12.2. The van der Waals surface area contributed by atoms with Crippen molar-refractivity contribution in [3.05, 3.63) is 108 Å². The predicted octanol–water partition coefficient (Wildman–Crippen LogP) is 6.66. The lowest BCUT2D eigenvalue weighted by Crippen LogP contribution is -2.18. The van der Waals surface area contributed by atoms with E-state index < -0.39 is 0 Å². The summed E-state index contributed by atoms with van der Waals surface area (Å²) in [7, 11) is 0. The van der Waals surface area contributed by atoms with Crippen LogP contribution < -0.4 is 0 Å². The quantitative estimate of drug-likeness (QED) is 0.180. The Balaban J connectivity index is 2.18. The Hall–Kier alpha value is -2.69. The highest BCUT2D eigenvalue weighted by Gasteiger charge is 2.23. The Bertz CT molecular complexity index is 971. The lowest BCUT2D eigenvalue weighted by molar-refractivity contribution is -0.142. The van der Waals surface area contributed by atoms with Gasteiger partial charge in [-0.1, -0.05) is 115 Å². The molecular weight excluding hydrogens is 408 g/mol. The molecule has 1 unspecified atom stereocenters. The molecule has 0 N–H and O–H groups in total. The van der Waals surface area contributed by atoms with Crippen LogP contribution in [0.15, 0.2) is 91.0 Å². The van der Waals surface area contributed by atoms with Crippen LogP contribution in [0.5, 0.6) is 0 Å². The van der Waals surface area contributed by atoms with Crippen molar-refractivity contribution in [1.82, 2.24) is 0 Å². The first-order chi connectivity index (χ1) is 14.6. The highest BCUT2D eigenvalue weighted by molar-refractivity contribution is 8.25. The maximum atomic E-state index is 12.2. The molecule has 0 aliphatic heterocycles. The lowest BCUT2D eigenvalue weighted by Gasteiger charge is -2.19. The fourth-order valence-electron chi connectivity index (χ4n) is 3.16. The summed E-state index contributed by atoms with van der Waals surface area (Å²) < 4.78 is 5.86. The second-order valence-electron chi connectivity index (χ2n) is 6.65. The van der Waals surface area contributed by atoms with Crippen molar-refractivity contribution in [2.45, 2.75) is 19.1 Å². The van der Waals surface area contributed by atoms with E-state index in [0.29, 0.717) is 10.8 Å². The second-order valence-corrected chi connectivity index (χ2v) is 8.67. The van der Waals surface area contributed by atoms with Crippen LogP contribution in [0.25, 0.3) is 11.1 Å². The second kappa shape index (κ2) is 10.9. The monoisotopic (exact) mass is 432 g/mol. The molecule has 0 spiro atoms. The molecule has 0 fully saturated rings. The number of thioether (sulfide) groups is 1. The normalized spacial score (nSPS) is 11.4. The molecule has 0 saturated carbocycles. The van der Waals surface area contributed by atoms with Crippen molar-refractivity contribution in [2.24, 2.45) is 0 Å². The predicted molar refractivity (Wildman–Crippen MR) is 132 cm³/mol. The van der Waals surface area contributed by atoms with Gasteiger partial charge >= 0.3 is 5.97 Å². The number of hydrogen-bond donors (Lipinski definition) is 0. The summed E-state index contributed by atoms with van der Waals surface area (Å²) in [6, 6.07) is 30.6. The maximum Gasteiger partial charge on any atom is 0.319 e. The van der Waals surface area contributed by atoms with E-state index >= 15 is 0 Å². The zero-order chi connectivity index (χ0) is 21.3. The molecular formula is C26H24O2S2. The average Bonchev–Trinajstić information content (AvgIpc) is 2.79. The molecule has 30 heavy (non-hydrogen) atoms. The summed E-state index contributed by atoms with van der Waals surface area (Å²) in [6.07, 6.45) is 0. The number of hydrogen-bond acceptors (Lipinski definition) is 4. The van der Waals surface area contributed by atoms with Crippen LogP contribution in [0.3, 0.4) is 0 Å². The third kappa shape index (κ3) is 5.47. The minimum atomic E-state index is -0.385. The molecule has 0 heterocycles. The van der Waals surface area contributed by atoms with E-state index in [1.165, 1.54) is 11.8 Å². The first-order valence-corrected chi connectivity index (χ1v) is 11.2. The van der Waals surface area contributed by atoms with Gasteiger partial charge in [0.2, 0.25) is 0 Å². The molecule has 0 bridgehead atoms. The number of carbonyl (C=O) groups is 1. The van der Waals surface area contributed by atoms with Crippen LogP contribution in [-0.2, 0) is 9.53 Å². The van der Waals surface area contributed by atoms with Gasteiger partial charge in [0.15, 0.2) is 0 Å². The van der Waals surface area contributed by atoms with Crippen LogP contribution in [0.2, 0.25) is 0 Å². The van der Waals surface area contributed by atoms with Crippen LogP contribution in [0.1, 0.15) is 30.5 Å². The van der Waals surface area contributed by atoms with Gasteiger partial charge in [-0.2, -0.15) is 0 Å².